The highest BCUT2D eigenvalue weighted by Gasteiger charge is 2.01. The van der Waals surface area contributed by atoms with Gasteiger partial charge in [-0.25, -0.2) is 4.99 Å². The number of rotatable bonds is 8. The van der Waals surface area contributed by atoms with Crippen LogP contribution in [0.2, 0.25) is 0 Å². The van der Waals surface area contributed by atoms with Crippen LogP contribution in [0.3, 0.4) is 0 Å². The lowest BCUT2D eigenvalue weighted by atomic mass is 10.1. The number of ether oxygens (including phenoxy) is 1. The van der Waals surface area contributed by atoms with Gasteiger partial charge in [-0.3, -0.25) is 4.68 Å². The molecule has 6 heteroatoms. The van der Waals surface area contributed by atoms with Gasteiger partial charge in [-0.2, -0.15) is 5.10 Å². The Balaban J connectivity index is 1.84. The summed E-state index contributed by atoms with van der Waals surface area (Å²) in [6, 6.07) is 8.10. The lowest BCUT2D eigenvalue weighted by Crippen LogP contribution is -2.38. The Morgan fingerprint density at radius 2 is 2.21 bits per heavy atom. The lowest BCUT2D eigenvalue weighted by Gasteiger charge is -2.12. The van der Waals surface area contributed by atoms with Crippen LogP contribution >= 0.6 is 0 Å². The topological polar surface area (TPSA) is 63.5 Å². The summed E-state index contributed by atoms with van der Waals surface area (Å²) in [5.41, 5.74) is 2.30. The Labute approximate surface area is 143 Å². The van der Waals surface area contributed by atoms with E-state index >= 15 is 0 Å². The maximum absolute atomic E-state index is 5.29. The highest BCUT2D eigenvalue weighted by Crippen LogP contribution is 2.18. The molecule has 0 bridgehead atoms. The van der Waals surface area contributed by atoms with E-state index in [1.54, 1.807) is 13.3 Å². The molecule has 0 spiro atoms. The molecule has 0 saturated heterocycles. The van der Waals surface area contributed by atoms with Gasteiger partial charge in [0.25, 0.3) is 0 Å². The number of guanidine groups is 1. The van der Waals surface area contributed by atoms with Crippen LogP contribution in [0.4, 0.5) is 0 Å². The Morgan fingerprint density at radius 3 is 2.88 bits per heavy atom. The van der Waals surface area contributed by atoms with Crippen LogP contribution in [-0.4, -0.2) is 35.9 Å². The van der Waals surface area contributed by atoms with Crippen LogP contribution in [0.1, 0.15) is 24.5 Å². The van der Waals surface area contributed by atoms with Crippen LogP contribution in [0.25, 0.3) is 0 Å². The molecular weight excluding hydrogens is 302 g/mol. The summed E-state index contributed by atoms with van der Waals surface area (Å²) >= 11 is 0. The van der Waals surface area contributed by atoms with Gasteiger partial charge in [0.15, 0.2) is 5.96 Å². The largest absolute Gasteiger partial charge is 0.496 e. The van der Waals surface area contributed by atoms with Crippen molar-refractivity contribution < 1.29 is 4.74 Å². The minimum absolute atomic E-state index is 0.638. The van der Waals surface area contributed by atoms with Gasteiger partial charge in [-0.1, -0.05) is 12.1 Å². The highest BCUT2D eigenvalue weighted by atomic mass is 16.5. The summed E-state index contributed by atoms with van der Waals surface area (Å²) in [4.78, 5) is 4.65. The molecule has 24 heavy (non-hydrogen) atoms. The van der Waals surface area contributed by atoms with Crippen LogP contribution in [-0.2, 0) is 13.1 Å². The van der Waals surface area contributed by atoms with Crippen LogP contribution in [0.15, 0.2) is 41.7 Å². The molecule has 2 rings (SSSR count). The normalized spacial score (nSPS) is 11.4. The van der Waals surface area contributed by atoms with E-state index in [-0.39, 0.29) is 0 Å². The molecule has 0 atom stereocenters. The molecule has 0 aliphatic carbocycles. The molecule has 0 aliphatic heterocycles. The molecule has 0 aliphatic rings. The summed E-state index contributed by atoms with van der Waals surface area (Å²) < 4.78 is 7.23. The molecule has 1 aromatic carbocycles. The second-order valence-electron chi connectivity index (χ2n) is 5.55. The Hall–Kier alpha value is -2.50. The molecule has 0 saturated carbocycles. The molecular formula is C18H27N5O. The molecule has 130 valence electrons. The third-order valence-electron chi connectivity index (χ3n) is 3.64. The zero-order valence-electron chi connectivity index (χ0n) is 14.7. The van der Waals surface area contributed by atoms with Crippen molar-refractivity contribution in [2.24, 2.45) is 4.99 Å². The first-order valence-corrected chi connectivity index (χ1v) is 8.36. The Kier molecular flexibility index (Phi) is 7.14. The van der Waals surface area contributed by atoms with E-state index in [1.807, 2.05) is 29.9 Å². The van der Waals surface area contributed by atoms with E-state index in [9.17, 15) is 0 Å². The summed E-state index contributed by atoms with van der Waals surface area (Å²) in [7, 11) is 1.69. The van der Waals surface area contributed by atoms with Crippen molar-refractivity contribution in [2.75, 3.05) is 20.2 Å². The van der Waals surface area contributed by atoms with E-state index < -0.39 is 0 Å². The molecule has 0 amide bonds. The van der Waals surface area contributed by atoms with Gasteiger partial charge in [0.1, 0.15) is 5.75 Å². The SMILES string of the molecule is CCNC(=NCc1ccc(OC)c(C)c1)NCCCn1cccn1. The second-order valence-corrected chi connectivity index (χ2v) is 5.55. The fourth-order valence-corrected chi connectivity index (χ4v) is 2.43. The number of hydrogen-bond donors (Lipinski definition) is 2. The first kappa shape index (κ1) is 17.8. The van der Waals surface area contributed by atoms with Gasteiger partial charge in [-0.15, -0.1) is 0 Å². The fraction of sp³-hybridized carbons (Fsp3) is 0.444. The van der Waals surface area contributed by atoms with Crippen LogP contribution in [0.5, 0.6) is 5.75 Å². The Morgan fingerprint density at radius 1 is 1.33 bits per heavy atom. The number of methoxy groups -OCH3 is 1. The number of benzene rings is 1. The minimum atomic E-state index is 0.638. The standard InChI is InChI=1S/C18H27N5O/c1-4-19-18(20-9-5-11-23-12-6-10-22-23)21-14-16-7-8-17(24-3)15(2)13-16/h6-8,10,12-13H,4-5,9,11,14H2,1-3H3,(H2,19,20,21). The van der Waals surface area contributed by atoms with E-state index in [4.69, 9.17) is 4.74 Å². The van der Waals surface area contributed by atoms with Gasteiger partial charge < -0.3 is 15.4 Å². The Bertz CT molecular complexity index is 637. The van der Waals surface area contributed by atoms with Crippen molar-refractivity contribution in [3.8, 4) is 5.75 Å². The number of aryl methyl sites for hydroxylation is 2. The van der Waals surface area contributed by atoms with Crippen molar-refractivity contribution in [1.29, 1.82) is 0 Å². The minimum Gasteiger partial charge on any atom is -0.496 e. The first-order valence-electron chi connectivity index (χ1n) is 8.36. The van der Waals surface area contributed by atoms with Gasteiger partial charge in [-0.05, 0) is 43.5 Å². The number of nitrogens with zero attached hydrogens (tertiary/aromatic N) is 3. The van der Waals surface area contributed by atoms with Crippen molar-refractivity contribution in [3.63, 3.8) is 0 Å². The number of hydrogen-bond acceptors (Lipinski definition) is 3. The molecule has 1 aromatic heterocycles. The summed E-state index contributed by atoms with van der Waals surface area (Å²) in [5, 5.41) is 10.8. The fourth-order valence-electron chi connectivity index (χ4n) is 2.43. The molecule has 2 aromatic rings. The van der Waals surface area contributed by atoms with E-state index in [1.165, 1.54) is 5.56 Å². The van der Waals surface area contributed by atoms with Crippen molar-refractivity contribution in [3.05, 3.63) is 47.8 Å². The second kappa shape index (κ2) is 9.60. The van der Waals surface area contributed by atoms with E-state index in [0.717, 1.165) is 43.3 Å². The molecule has 0 radical (unpaired) electrons. The smallest absolute Gasteiger partial charge is 0.191 e. The van der Waals surface area contributed by atoms with Gasteiger partial charge >= 0.3 is 0 Å². The maximum atomic E-state index is 5.29. The summed E-state index contributed by atoms with van der Waals surface area (Å²) in [5.74, 6) is 1.75. The maximum Gasteiger partial charge on any atom is 0.191 e. The third-order valence-corrected chi connectivity index (χ3v) is 3.64. The first-order chi connectivity index (χ1) is 11.7. The van der Waals surface area contributed by atoms with E-state index in [0.29, 0.717) is 6.54 Å². The molecule has 0 unspecified atom stereocenters. The summed E-state index contributed by atoms with van der Waals surface area (Å²) in [6.07, 6.45) is 4.77. The third kappa shape index (κ3) is 5.61. The monoisotopic (exact) mass is 329 g/mol. The average molecular weight is 329 g/mol. The lowest BCUT2D eigenvalue weighted by molar-refractivity contribution is 0.411. The average Bonchev–Trinajstić information content (AvgIpc) is 3.10. The summed E-state index contributed by atoms with van der Waals surface area (Å²) in [6.45, 7) is 7.35. The predicted octanol–water partition coefficient (Wildman–Crippen LogP) is 2.35. The number of aromatic nitrogens is 2. The van der Waals surface area contributed by atoms with E-state index in [2.05, 4.69) is 39.8 Å². The quantitative estimate of drug-likeness (QED) is 0.443. The zero-order valence-corrected chi connectivity index (χ0v) is 14.7. The van der Waals surface area contributed by atoms with Crippen LogP contribution < -0.4 is 15.4 Å². The molecule has 0 fully saturated rings. The molecule has 1 heterocycles. The molecule has 6 nitrogen and oxygen atoms in total. The van der Waals surface area contributed by atoms with Crippen molar-refractivity contribution >= 4 is 5.96 Å². The highest BCUT2D eigenvalue weighted by molar-refractivity contribution is 5.79. The zero-order chi connectivity index (χ0) is 17.2. The predicted molar refractivity (Wildman–Crippen MR) is 97.4 cm³/mol. The van der Waals surface area contributed by atoms with Crippen molar-refractivity contribution in [2.45, 2.75) is 33.4 Å². The number of aliphatic imine (C=N–C) groups is 1. The van der Waals surface area contributed by atoms with Gasteiger partial charge in [0.05, 0.1) is 13.7 Å². The van der Waals surface area contributed by atoms with Gasteiger partial charge in [0, 0.05) is 32.0 Å². The van der Waals surface area contributed by atoms with Crippen molar-refractivity contribution in [1.82, 2.24) is 20.4 Å². The molecule has 2 N–H and O–H groups in total. The van der Waals surface area contributed by atoms with Crippen LogP contribution in [0, 0.1) is 6.92 Å². The number of nitrogens with one attached hydrogen (secondary N) is 2. The van der Waals surface area contributed by atoms with Gasteiger partial charge in [0.2, 0.25) is 0 Å².